The maximum atomic E-state index is 13.7. The second-order valence-electron chi connectivity index (χ2n) is 11.5. The summed E-state index contributed by atoms with van der Waals surface area (Å²) in [6.45, 7) is -9.19. The van der Waals surface area contributed by atoms with Gasteiger partial charge in [-0.2, -0.15) is 0 Å². The van der Waals surface area contributed by atoms with Crippen LogP contribution in [0.2, 0.25) is 0 Å². The molecule has 240 valence electrons. The molecule has 22 heteroatoms. The predicted molar refractivity (Wildman–Crippen MR) is 162 cm³/mol. The summed E-state index contributed by atoms with van der Waals surface area (Å²) in [4.78, 5) is 21.1. The summed E-state index contributed by atoms with van der Waals surface area (Å²) in [6, 6.07) is 0.910. The van der Waals surface area contributed by atoms with E-state index in [4.69, 9.17) is 34.3 Å². The smallest absolute Gasteiger partial charge is 0.386 e. The highest BCUT2D eigenvalue weighted by molar-refractivity contribution is 8.44. The van der Waals surface area contributed by atoms with Gasteiger partial charge in [0.15, 0.2) is 23.3 Å². The molecule has 0 amide bonds. The highest BCUT2D eigenvalue weighted by Crippen LogP contribution is 2.73. The lowest BCUT2D eigenvalue weighted by atomic mass is 10.0. The molecule has 18 nitrogen and oxygen atoms in total. The van der Waals surface area contributed by atoms with Gasteiger partial charge in [-0.05, 0) is 18.4 Å². The fourth-order valence-electron chi connectivity index (χ4n) is 6.82. The number of hydrogen-bond acceptors (Lipinski definition) is 16. The fraction of sp³-hybridized carbons (Fsp3) is 0.522. The molecule has 4 aromatic heterocycles. The second-order valence-corrected chi connectivity index (χ2v) is 17.2. The van der Waals surface area contributed by atoms with Crippen LogP contribution in [0.1, 0.15) is 18.7 Å². The van der Waals surface area contributed by atoms with Gasteiger partial charge in [-0.25, -0.2) is 34.0 Å². The van der Waals surface area contributed by atoms with E-state index in [0.29, 0.717) is 34.4 Å². The Morgan fingerprint density at radius 3 is 2.49 bits per heavy atom. The molecule has 2 saturated carbocycles. The van der Waals surface area contributed by atoms with Crippen molar-refractivity contribution >= 4 is 71.9 Å². The van der Waals surface area contributed by atoms with E-state index >= 15 is 0 Å². The standard InChI is InChI=1S/C23H27N9O9P2S2/c24-10-1-2-26-20-12(10)29-8-32(20)22-17-15(33)11(39-22)4-37-42(35,44)41-18-16(34)14(9-3-23(9,18)5-38-43(36,45)40-17)31-7-30-13-19(25)27-6-28-21(13)31/h1-2,6-9,11,14-18,22,33-34H,3-5H2,(H2,24,26)(H,35,44)(H,36,45)(H2,25,27,28)/t9-,11-,14-,15-,16+,17-,18+,22-,23?,42+,43+/m1/s1. The van der Waals surface area contributed by atoms with Gasteiger partial charge in [0.05, 0.1) is 37.6 Å². The zero-order valence-electron chi connectivity index (χ0n) is 23.0. The number of aromatic nitrogens is 7. The number of nitrogen functional groups attached to an aromatic ring is 2. The molecule has 8 rings (SSSR count). The number of fused-ring (bicyclic) bond motifs is 4. The minimum Gasteiger partial charge on any atom is -0.397 e. The number of aliphatic hydroxyl groups is 2. The van der Waals surface area contributed by atoms with Crippen LogP contribution in [0.5, 0.6) is 0 Å². The van der Waals surface area contributed by atoms with Gasteiger partial charge in [-0.15, -0.1) is 0 Å². The molecule has 4 aromatic rings. The zero-order valence-corrected chi connectivity index (χ0v) is 26.5. The van der Waals surface area contributed by atoms with E-state index < -0.39 is 68.4 Å². The first-order chi connectivity index (χ1) is 21.4. The lowest BCUT2D eigenvalue weighted by Gasteiger charge is -2.31. The topological polar surface area (TPSA) is 247 Å². The van der Waals surface area contributed by atoms with Crippen molar-refractivity contribution in [3.8, 4) is 0 Å². The average Bonchev–Trinajstić information content (AvgIpc) is 3.28. The van der Waals surface area contributed by atoms with Gasteiger partial charge in [-0.1, -0.05) is 24.5 Å². The largest absolute Gasteiger partial charge is 0.397 e. The molecule has 0 radical (unpaired) electrons. The monoisotopic (exact) mass is 699 g/mol. The summed E-state index contributed by atoms with van der Waals surface area (Å²) < 4.78 is 59.7. The summed E-state index contributed by atoms with van der Waals surface area (Å²) in [7, 11) is 0. The van der Waals surface area contributed by atoms with Crippen molar-refractivity contribution in [3.63, 3.8) is 0 Å². The molecule has 1 spiro atoms. The molecule has 0 aromatic carbocycles. The number of imidazole rings is 2. The van der Waals surface area contributed by atoms with Crippen LogP contribution in [0.15, 0.2) is 31.2 Å². The third-order valence-electron chi connectivity index (χ3n) is 9.00. The Morgan fingerprint density at radius 2 is 1.67 bits per heavy atom. The molecule has 11 atom stereocenters. The molecule has 1 unspecified atom stereocenters. The fourth-order valence-corrected chi connectivity index (χ4v) is 9.84. The number of pyridine rings is 1. The summed E-state index contributed by atoms with van der Waals surface area (Å²) in [5.74, 6) is -0.162. The van der Waals surface area contributed by atoms with Gasteiger partial charge in [0.25, 0.3) is 0 Å². The third kappa shape index (κ3) is 4.73. The number of rotatable bonds is 2. The van der Waals surface area contributed by atoms with Crippen molar-refractivity contribution in [2.45, 2.75) is 49.2 Å². The van der Waals surface area contributed by atoms with Crippen molar-refractivity contribution < 1.29 is 42.2 Å². The first-order valence-corrected chi connectivity index (χ1v) is 19.1. The number of anilines is 2. The van der Waals surface area contributed by atoms with E-state index in [9.17, 15) is 19.3 Å². The van der Waals surface area contributed by atoms with Crippen LogP contribution in [0, 0.1) is 11.3 Å². The van der Waals surface area contributed by atoms with Crippen molar-refractivity contribution in [1.29, 1.82) is 0 Å². The molecular weight excluding hydrogens is 672 g/mol. The second kappa shape index (κ2) is 10.3. The Hall–Kier alpha value is -2.35. The molecule has 2 aliphatic heterocycles. The maximum Gasteiger partial charge on any atom is 0.386 e. The molecular formula is C23H27N9O9P2S2. The summed E-state index contributed by atoms with van der Waals surface area (Å²) >= 11 is 8.41. The normalized spacial score (nSPS) is 41.7. The van der Waals surface area contributed by atoms with Gasteiger partial charge in [-0.3, -0.25) is 18.1 Å². The van der Waals surface area contributed by atoms with E-state index in [0.717, 1.165) is 0 Å². The number of hydrogen-bond donors (Lipinski definition) is 6. The van der Waals surface area contributed by atoms with Crippen molar-refractivity contribution in [3.05, 3.63) is 31.2 Å². The zero-order chi connectivity index (χ0) is 31.5. The van der Waals surface area contributed by atoms with Crippen LogP contribution < -0.4 is 11.5 Å². The van der Waals surface area contributed by atoms with Crippen molar-refractivity contribution in [2.75, 3.05) is 24.7 Å². The number of nitrogens with zero attached hydrogens (tertiary/aromatic N) is 7. The SMILES string of the molecule is Nc1ncnc2c1ncn2[C@H]1[C@H](O)[C@@H]2O[P@@](=O)(S)OC[C@H]3O[C@@H](n4cnc5c(N)ccnc54)[C@H](O[P@@](=O)(S)OCC24C[C@H]14)[C@@H]3O. The van der Waals surface area contributed by atoms with E-state index in [1.807, 2.05) is 0 Å². The maximum absolute atomic E-state index is 13.7. The van der Waals surface area contributed by atoms with Crippen LogP contribution in [-0.4, -0.2) is 88.0 Å². The number of thiol groups is 2. The first kappa shape index (κ1) is 30.0. The molecule has 6 heterocycles. The number of ether oxygens (including phenoxy) is 1. The molecule has 6 N–H and O–H groups in total. The lowest BCUT2D eigenvalue weighted by Crippen LogP contribution is -2.37. The van der Waals surface area contributed by atoms with Gasteiger partial charge < -0.3 is 35.5 Å². The Morgan fingerprint density at radius 1 is 0.933 bits per heavy atom. The average molecular weight is 700 g/mol. The third-order valence-corrected chi connectivity index (χ3v) is 12.2. The van der Waals surface area contributed by atoms with Crippen LogP contribution in [0.4, 0.5) is 11.5 Å². The van der Waals surface area contributed by atoms with Crippen molar-refractivity contribution in [1.82, 2.24) is 34.1 Å². The van der Waals surface area contributed by atoms with Crippen LogP contribution in [0.3, 0.4) is 0 Å². The van der Waals surface area contributed by atoms with E-state index in [1.165, 1.54) is 29.7 Å². The number of aliphatic hydroxyl groups excluding tert-OH is 2. The minimum absolute atomic E-state index is 0.167. The van der Waals surface area contributed by atoms with Crippen LogP contribution in [0.25, 0.3) is 22.3 Å². The number of nitrogens with two attached hydrogens (primary N) is 2. The van der Waals surface area contributed by atoms with E-state index in [-0.39, 0.29) is 18.3 Å². The highest BCUT2D eigenvalue weighted by Gasteiger charge is 2.74. The first-order valence-electron chi connectivity index (χ1n) is 13.7. The Labute approximate surface area is 264 Å². The molecule has 2 aliphatic carbocycles. The Balaban J connectivity index is 1.14. The van der Waals surface area contributed by atoms with Gasteiger partial charge in [0.1, 0.15) is 47.9 Å². The molecule has 2 bridgehead atoms. The minimum atomic E-state index is -4.23. The highest BCUT2D eigenvalue weighted by atomic mass is 32.7. The summed E-state index contributed by atoms with van der Waals surface area (Å²) in [6.07, 6.45) is -1.46. The Kier molecular flexibility index (Phi) is 6.89. The van der Waals surface area contributed by atoms with Gasteiger partial charge >= 0.3 is 13.6 Å². The molecule has 45 heavy (non-hydrogen) atoms. The molecule has 4 aliphatic rings. The summed E-state index contributed by atoms with van der Waals surface area (Å²) in [5, 5.41) is 22.8. The van der Waals surface area contributed by atoms with Crippen LogP contribution >= 0.6 is 38.1 Å². The summed E-state index contributed by atoms with van der Waals surface area (Å²) in [5.41, 5.74) is 12.8. The molecule has 4 fully saturated rings. The quantitative estimate of drug-likeness (QED) is 0.128. The predicted octanol–water partition coefficient (Wildman–Crippen LogP) is 1.51. The van der Waals surface area contributed by atoms with Crippen molar-refractivity contribution in [2.24, 2.45) is 11.3 Å². The van der Waals surface area contributed by atoms with E-state index in [2.05, 4.69) is 49.4 Å². The van der Waals surface area contributed by atoms with E-state index in [1.54, 1.807) is 10.6 Å². The van der Waals surface area contributed by atoms with Crippen LogP contribution in [-0.2, 0) is 32.0 Å². The molecule has 2 saturated heterocycles. The Bertz CT molecular complexity index is 1930. The lowest BCUT2D eigenvalue weighted by molar-refractivity contribution is -0.0554. The van der Waals surface area contributed by atoms with Gasteiger partial charge in [0, 0.05) is 11.6 Å². The van der Waals surface area contributed by atoms with Gasteiger partial charge in [0.2, 0.25) is 0 Å².